The zero-order valence-corrected chi connectivity index (χ0v) is 15.3. The van der Waals surface area contributed by atoms with Crippen LogP contribution in [0.3, 0.4) is 0 Å². The van der Waals surface area contributed by atoms with Crippen LogP contribution in [0.2, 0.25) is 0 Å². The molecule has 0 bridgehead atoms. The maximum atomic E-state index is 11.2. The van der Waals surface area contributed by atoms with Crippen molar-refractivity contribution < 1.29 is 14.6 Å². The average Bonchev–Trinajstić information content (AvgIpc) is 3.15. The second-order valence-electron chi connectivity index (χ2n) is 7.30. The second-order valence-corrected chi connectivity index (χ2v) is 8.38. The average molecular weight is 360 g/mol. The second kappa shape index (κ2) is 6.90. The van der Waals surface area contributed by atoms with Gasteiger partial charge in [0, 0.05) is 4.88 Å². The quantitative estimate of drug-likeness (QED) is 0.847. The molecule has 5 nitrogen and oxygen atoms in total. The molecule has 25 heavy (non-hydrogen) atoms. The van der Waals surface area contributed by atoms with Gasteiger partial charge >= 0.3 is 5.97 Å². The summed E-state index contributed by atoms with van der Waals surface area (Å²) in [4.78, 5) is 22.3. The molecule has 0 spiro atoms. The monoisotopic (exact) mass is 360 g/mol. The highest BCUT2D eigenvalue weighted by atomic mass is 32.1. The van der Waals surface area contributed by atoms with Crippen LogP contribution in [-0.4, -0.2) is 27.1 Å². The normalized spacial score (nSPS) is 25.9. The lowest BCUT2D eigenvalue weighted by atomic mass is 9.86. The van der Waals surface area contributed by atoms with Gasteiger partial charge in [0.1, 0.15) is 17.3 Å². The molecule has 1 N–H and O–H groups in total. The lowest BCUT2D eigenvalue weighted by Crippen LogP contribution is -2.24. The summed E-state index contributed by atoms with van der Waals surface area (Å²) in [6.45, 7) is 2.26. The van der Waals surface area contributed by atoms with Crippen LogP contribution in [0.5, 0.6) is 5.88 Å². The summed E-state index contributed by atoms with van der Waals surface area (Å²) in [6, 6.07) is 0. The molecule has 6 heteroatoms. The molecule has 1 atom stereocenters. The molecule has 1 fully saturated rings. The smallest absolute Gasteiger partial charge is 0.303 e. The molecule has 2 heterocycles. The number of nitrogens with zero attached hydrogens (tertiary/aromatic N) is 2. The largest absolute Gasteiger partial charge is 0.481 e. The molecule has 1 unspecified atom stereocenters. The van der Waals surface area contributed by atoms with Crippen molar-refractivity contribution in [3.63, 3.8) is 0 Å². The van der Waals surface area contributed by atoms with E-state index < -0.39 is 5.97 Å². The molecule has 2 aliphatic carbocycles. The van der Waals surface area contributed by atoms with Crippen LogP contribution in [0.4, 0.5) is 0 Å². The number of carbonyl (C=O) groups is 1. The summed E-state index contributed by atoms with van der Waals surface area (Å²) in [5.74, 6) is 0.815. The van der Waals surface area contributed by atoms with Gasteiger partial charge in [-0.3, -0.25) is 4.79 Å². The first kappa shape index (κ1) is 16.8. The van der Waals surface area contributed by atoms with Gasteiger partial charge in [0.25, 0.3) is 0 Å². The van der Waals surface area contributed by atoms with Gasteiger partial charge in [-0.15, -0.1) is 11.3 Å². The highest BCUT2D eigenvalue weighted by Gasteiger charge is 2.32. The van der Waals surface area contributed by atoms with Crippen molar-refractivity contribution in [2.45, 2.75) is 70.3 Å². The van der Waals surface area contributed by atoms with Crippen molar-refractivity contribution in [1.82, 2.24) is 9.97 Å². The minimum absolute atomic E-state index is 0.0606. The fourth-order valence-corrected chi connectivity index (χ4v) is 5.59. The number of fused-ring (bicyclic) bond motifs is 3. The molecule has 0 aliphatic heterocycles. The minimum atomic E-state index is -0.741. The number of carboxylic acids is 1. The summed E-state index contributed by atoms with van der Waals surface area (Å²) < 4.78 is 6.31. The molecule has 0 saturated heterocycles. The molecular weight excluding hydrogens is 336 g/mol. The molecule has 134 valence electrons. The maximum Gasteiger partial charge on any atom is 0.303 e. The Bertz CT molecular complexity index is 780. The van der Waals surface area contributed by atoms with Crippen LogP contribution in [0.15, 0.2) is 6.33 Å². The summed E-state index contributed by atoms with van der Waals surface area (Å²) in [5.41, 5.74) is 1.14. The van der Waals surface area contributed by atoms with E-state index in [4.69, 9.17) is 4.74 Å². The Balaban J connectivity index is 1.63. The molecule has 0 radical (unpaired) electrons. The molecule has 4 rings (SSSR count). The van der Waals surface area contributed by atoms with Crippen molar-refractivity contribution in [1.29, 1.82) is 0 Å². The van der Waals surface area contributed by atoms with Crippen LogP contribution in [-0.2, 0) is 11.2 Å². The van der Waals surface area contributed by atoms with Gasteiger partial charge in [-0.05, 0) is 55.9 Å². The van der Waals surface area contributed by atoms with E-state index in [2.05, 4.69) is 16.9 Å². The summed E-state index contributed by atoms with van der Waals surface area (Å²) in [6.07, 6.45) is 9.66. The predicted molar refractivity (Wildman–Crippen MR) is 97.4 cm³/mol. The van der Waals surface area contributed by atoms with E-state index >= 15 is 0 Å². The number of ether oxygens (including phenoxy) is 1. The van der Waals surface area contributed by atoms with E-state index in [-0.39, 0.29) is 18.4 Å². The molecule has 0 amide bonds. The van der Waals surface area contributed by atoms with Gasteiger partial charge in [-0.2, -0.15) is 0 Å². The van der Waals surface area contributed by atoms with Crippen LogP contribution in [0.1, 0.15) is 68.2 Å². The van der Waals surface area contributed by atoms with Crippen LogP contribution in [0, 0.1) is 5.92 Å². The zero-order chi connectivity index (χ0) is 17.4. The van der Waals surface area contributed by atoms with E-state index in [1.165, 1.54) is 24.1 Å². The lowest BCUT2D eigenvalue weighted by Gasteiger charge is -2.28. The first-order valence-corrected chi connectivity index (χ1v) is 10.1. The first-order chi connectivity index (χ1) is 12.2. The van der Waals surface area contributed by atoms with Crippen molar-refractivity contribution in [2.24, 2.45) is 5.92 Å². The minimum Gasteiger partial charge on any atom is -0.481 e. The number of rotatable bonds is 5. The Hall–Kier alpha value is -1.69. The fourth-order valence-electron chi connectivity index (χ4n) is 4.36. The lowest BCUT2D eigenvalue weighted by molar-refractivity contribution is -0.137. The van der Waals surface area contributed by atoms with Crippen molar-refractivity contribution >= 4 is 27.5 Å². The van der Waals surface area contributed by atoms with Crippen molar-refractivity contribution in [2.75, 3.05) is 0 Å². The van der Waals surface area contributed by atoms with E-state index in [9.17, 15) is 9.90 Å². The molecule has 1 saturated carbocycles. The van der Waals surface area contributed by atoms with Crippen LogP contribution in [0.25, 0.3) is 10.2 Å². The highest BCUT2D eigenvalue weighted by Crippen LogP contribution is 2.47. The highest BCUT2D eigenvalue weighted by molar-refractivity contribution is 7.19. The zero-order valence-electron chi connectivity index (χ0n) is 14.5. The third kappa shape index (κ3) is 3.24. The Labute approximate surface area is 151 Å². The maximum absolute atomic E-state index is 11.2. The van der Waals surface area contributed by atoms with Crippen molar-refractivity contribution in [3.8, 4) is 5.88 Å². The van der Waals surface area contributed by atoms with Crippen LogP contribution < -0.4 is 4.74 Å². The number of thiophene rings is 1. The summed E-state index contributed by atoms with van der Waals surface area (Å²) in [7, 11) is 0. The Morgan fingerprint density at radius 3 is 2.80 bits per heavy atom. The first-order valence-electron chi connectivity index (χ1n) is 9.30. The van der Waals surface area contributed by atoms with E-state index in [0.717, 1.165) is 47.4 Å². The molecule has 2 aromatic rings. The predicted octanol–water partition coefficient (Wildman–Crippen LogP) is 4.54. The number of hydrogen-bond donors (Lipinski definition) is 1. The third-order valence-corrected chi connectivity index (χ3v) is 6.94. The number of aryl methyl sites for hydroxylation is 1. The molecule has 2 aliphatic rings. The Kier molecular flexibility index (Phi) is 4.63. The van der Waals surface area contributed by atoms with Gasteiger partial charge in [0.15, 0.2) is 0 Å². The topological polar surface area (TPSA) is 72.3 Å². The van der Waals surface area contributed by atoms with Gasteiger partial charge in [-0.25, -0.2) is 9.97 Å². The van der Waals surface area contributed by atoms with E-state index in [1.54, 1.807) is 17.7 Å². The molecule has 0 aromatic carbocycles. The van der Waals surface area contributed by atoms with Crippen molar-refractivity contribution in [3.05, 3.63) is 16.8 Å². The van der Waals surface area contributed by atoms with Gasteiger partial charge < -0.3 is 9.84 Å². The Morgan fingerprint density at radius 1 is 1.28 bits per heavy atom. The third-order valence-electron chi connectivity index (χ3n) is 5.77. The van der Waals surface area contributed by atoms with Crippen LogP contribution >= 0.6 is 11.3 Å². The number of aliphatic carboxylic acids is 1. The standard InChI is InChI=1S/C19H24N2O3S/c1-2-11-3-6-13(7-4-11)24-18-17-16-12(9-15(22)23)5-8-14(16)25-19(17)21-10-20-18/h10-13H,2-9H2,1H3,(H,22,23). The number of carboxylic acid groups (broad SMARTS) is 1. The number of hydrogen-bond acceptors (Lipinski definition) is 5. The summed E-state index contributed by atoms with van der Waals surface area (Å²) >= 11 is 1.67. The van der Waals surface area contributed by atoms with E-state index in [1.807, 2.05) is 0 Å². The molecular formula is C19H24N2O3S. The van der Waals surface area contributed by atoms with Gasteiger partial charge in [0.2, 0.25) is 5.88 Å². The van der Waals surface area contributed by atoms with Gasteiger partial charge in [-0.1, -0.05) is 13.3 Å². The van der Waals surface area contributed by atoms with Gasteiger partial charge in [0.05, 0.1) is 11.8 Å². The SMILES string of the molecule is CCC1CCC(Oc2ncnc3sc4c(c23)C(CC(=O)O)CC4)CC1. The Morgan fingerprint density at radius 2 is 2.08 bits per heavy atom. The summed E-state index contributed by atoms with van der Waals surface area (Å²) in [5, 5.41) is 10.2. The number of aromatic nitrogens is 2. The van der Waals surface area contributed by atoms with E-state index in [0.29, 0.717) is 5.88 Å². The molecule has 2 aromatic heterocycles. The fraction of sp³-hybridized carbons (Fsp3) is 0.632.